The quantitative estimate of drug-likeness (QED) is 0.579. The van der Waals surface area contributed by atoms with E-state index in [-0.39, 0.29) is 12.8 Å². The van der Waals surface area contributed by atoms with Gasteiger partial charge in [0.1, 0.15) is 0 Å². The third kappa shape index (κ3) is 6.43. The summed E-state index contributed by atoms with van der Waals surface area (Å²) in [5.41, 5.74) is 0. The maximum atomic E-state index is 11.1. The van der Waals surface area contributed by atoms with Gasteiger partial charge in [0.05, 0.1) is 12.5 Å². The van der Waals surface area contributed by atoms with Crippen LogP contribution in [0.15, 0.2) is 0 Å². The molecule has 0 saturated carbocycles. The zero-order valence-corrected chi connectivity index (χ0v) is 8.95. The van der Waals surface area contributed by atoms with Crippen LogP contribution in [0.25, 0.3) is 0 Å². The molecule has 3 amide bonds. The molecular formula is C10H14N2O4. The average Bonchev–Trinajstić information content (AvgIpc) is 2.23. The minimum atomic E-state index is -1.09. The van der Waals surface area contributed by atoms with Crippen LogP contribution in [0.5, 0.6) is 0 Å². The average molecular weight is 226 g/mol. The lowest BCUT2D eigenvalue weighted by molar-refractivity contribution is -0.138. The number of carboxylic acids is 1. The molecule has 0 aliphatic carbocycles. The fraction of sp³-hybridized carbons (Fsp3) is 0.500. The Labute approximate surface area is 93.4 Å². The van der Waals surface area contributed by atoms with Gasteiger partial charge in [-0.05, 0) is 6.42 Å². The normalized spacial score (nSPS) is 11.0. The van der Waals surface area contributed by atoms with Crippen LogP contribution in [0.1, 0.15) is 26.2 Å². The first-order valence-corrected chi connectivity index (χ1v) is 4.77. The minimum Gasteiger partial charge on any atom is -0.481 e. The Hall–Kier alpha value is -2.03. The predicted octanol–water partition coefficient (Wildman–Crippen LogP) is 0.0888. The first kappa shape index (κ1) is 14.0. The molecule has 0 aliphatic heterocycles. The van der Waals surface area contributed by atoms with Gasteiger partial charge in [0.25, 0.3) is 0 Å². The van der Waals surface area contributed by atoms with Crippen molar-refractivity contribution >= 4 is 17.9 Å². The van der Waals surface area contributed by atoms with E-state index in [0.29, 0.717) is 6.42 Å². The Morgan fingerprint density at radius 2 is 2.00 bits per heavy atom. The number of urea groups is 1. The maximum absolute atomic E-state index is 11.1. The second kappa shape index (κ2) is 7.29. The van der Waals surface area contributed by atoms with Gasteiger partial charge in [0.15, 0.2) is 0 Å². The zero-order valence-electron chi connectivity index (χ0n) is 8.95. The van der Waals surface area contributed by atoms with E-state index < -0.39 is 23.9 Å². The molecule has 0 heterocycles. The molecule has 0 aromatic heterocycles. The first-order chi connectivity index (χ1) is 7.49. The number of nitrogens with one attached hydrogen (secondary N) is 2. The van der Waals surface area contributed by atoms with E-state index in [2.05, 4.69) is 11.2 Å². The van der Waals surface area contributed by atoms with Crippen molar-refractivity contribution in [2.75, 3.05) is 0 Å². The van der Waals surface area contributed by atoms with Gasteiger partial charge >= 0.3 is 12.0 Å². The van der Waals surface area contributed by atoms with Crippen molar-refractivity contribution in [2.45, 2.75) is 32.2 Å². The molecule has 1 atom stereocenters. The molecular weight excluding hydrogens is 212 g/mol. The highest BCUT2D eigenvalue weighted by Crippen LogP contribution is 1.90. The molecule has 0 radical (unpaired) electrons. The summed E-state index contributed by atoms with van der Waals surface area (Å²) in [6.07, 6.45) is 5.10. The second-order valence-electron chi connectivity index (χ2n) is 3.04. The molecule has 88 valence electrons. The van der Waals surface area contributed by atoms with E-state index in [1.165, 1.54) is 0 Å². The van der Waals surface area contributed by atoms with Gasteiger partial charge in [-0.25, -0.2) is 4.79 Å². The number of hydrogen-bond donors (Lipinski definition) is 3. The van der Waals surface area contributed by atoms with Crippen molar-refractivity contribution in [3.63, 3.8) is 0 Å². The number of rotatable bonds is 5. The third-order valence-corrected chi connectivity index (χ3v) is 1.73. The van der Waals surface area contributed by atoms with Gasteiger partial charge in [0, 0.05) is 6.42 Å². The van der Waals surface area contributed by atoms with Crippen LogP contribution in [0.3, 0.4) is 0 Å². The molecule has 1 unspecified atom stereocenters. The number of amides is 3. The Balaban J connectivity index is 3.92. The predicted molar refractivity (Wildman–Crippen MR) is 56.5 cm³/mol. The van der Waals surface area contributed by atoms with Crippen molar-refractivity contribution in [1.82, 2.24) is 10.6 Å². The lowest BCUT2D eigenvalue weighted by Crippen LogP contribution is -2.43. The van der Waals surface area contributed by atoms with E-state index >= 15 is 0 Å². The molecule has 0 bridgehead atoms. The van der Waals surface area contributed by atoms with Crippen LogP contribution >= 0.6 is 0 Å². The Bertz CT molecular complexity index is 319. The van der Waals surface area contributed by atoms with Gasteiger partial charge < -0.3 is 10.4 Å². The fourth-order valence-electron chi connectivity index (χ4n) is 0.866. The van der Waals surface area contributed by atoms with Gasteiger partial charge in [0.2, 0.25) is 5.91 Å². The molecule has 0 fully saturated rings. The number of aliphatic carboxylic acids is 1. The minimum absolute atomic E-state index is 0.240. The second-order valence-corrected chi connectivity index (χ2v) is 3.04. The Morgan fingerprint density at radius 1 is 1.38 bits per heavy atom. The number of hydrogen-bond acceptors (Lipinski definition) is 3. The topological polar surface area (TPSA) is 95.5 Å². The molecule has 0 aromatic rings. The van der Waals surface area contributed by atoms with Gasteiger partial charge in [-0.1, -0.05) is 12.8 Å². The largest absolute Gasteiger partial charge is 0.481 e. The fourth-order valence-corrected chi connectivity index (χ4v) is 0.866. The molecule has 0 aromatic carbocycles. The van der Waals surface area contributed by atoms with Crippen molar-refractivity contribution in [1.29, 1.82) is 0 Å². The van der Waals surface area contributed by atoms with E-state index in [4.69, 9.17) is 11.5 Å². The van der Waals surface area contributed by atoms with E-state index in [0.717, 1.165) is 0 Å². The van der Waals surface area contributed by atoms with Gasteiger partial charge in [-0.2, -0.15) is 0 Å². The van der Waals surface area contributed by atoms with Crippen LogP contribution < -0.4 is 10.6 Å². The summed E-state index contributed by atoms with van der Waals surface area (Å²) in [4.78, 5) is 32.3. The smallest absolute Gasteiger partial charge is 0.322 e. The van der Waals surface area contributed by atoms with Crippen molar-refractivity contribution in [3.05, 3.63) is 0 Å². The van der Waals surface area contributed by atoms with E-state index in [1.807, 2.05) is 5.32 Å². The van der Waals surface area contributed by atoms with Gasteiger partial charge in [-0.3, -0.25) is 14.9 Å². The van der Waals surface area contributed by atoms with Crippen LogP contribution in [0.4, 0.5) is 4.79 Å². The van der Waals surface area contributed by atoms with Gasteiger partial charge in [-0.15, -0.1) is 6.42 Å². The summed E-state index contributed by atoms with van der Waals surface area (Å²) < 4.78 is 0. The molecule has 0 saturated heterocycles. The van der Waals surface area contributed by atoms with Crippen LogP contribution in [0.2, 0.25) is 0 Å². The molecule has 16 heavy (non-hydrogen) atoms. The van der Waals surface area contributed by atoms with Crippen LogP contribution in [-0.2, 0) is 9.59 Å². The van der Waals surface area contributed by atoms with Crippen molar-refractivity contribution in [2.24, 2.45) is 0 Å². The molecule has 3 N–H and O–H groups in total. The molecule has 0 aliphatic rings. The maximum Gasteiger partial charge on any atom is 0.322 e. The number of carbonyl (C=O) groups is 3. The Morgan fingerprint density at radius 3 is 2.44 bits per heavy atom. The van der Waals surface area contributed by atoms with E-state index in [9.17, 15) is 14.4 Å². The highest BCUT2D eigenvalue weighted by atomic mass is 16.4. The summed E-state index contributed by atoms with van der Waals surface area (Å²) in [5, 5.41) is 12.7. The lowest BCUT2D eigenvalue weighted by Gasteiger charge is -2.10. The number of terminal acetylenes is 1. The number of imide groups is 1. The summed E-state index contributed by atoms with van der Waals surface area (Å²) in [5.74, 6) is 0.590. The van der Waals surface area contributed by atoms with Crippen LogP contribution in [-0.4, -0.2) is 29.1 Å². The summed E-state index contributed by atoms with van der Waals surface area (Å²) >= 11 is 0. The zero-order chi connectivity index (χ0) is 12.6. The number of carboxylic acid groups (broad SMARTS) is 1. The summed E-state index contributed by atoms with van der Waals surface area (Å²) in [6.45, 7) is 1.79. The molecule has 6 heteroatoms. The first-order valence-electron chi connectivity index (χ1n) is 4.77. The number of carbonyl (C=O) groups excluding carboxylic acids is 2. The van der Waals surface area contributed by atoms with E-state index in [1.54, 1.807) is 6.92 Å². The standard InChI is InChI=1S/C10H14N2O4/c1-3-7(4-2)11-10(16)12-8(13)5-6-9(14)15/h1,7H,4-6H2,2H3,(H,14,15)(H2,11,12,13,16). The molecule has 6 nitrogen and oxygen atoms in total. The molecule has 0 spiro atoms. The highest BCUT2D eigenvalue weighted by molar-refractivity contribution is 5.95. The Kier molecular flexibility index (Phi) is 6.36. The SMILES string of the molecule is C#CC(CC)NC(=O)NC(=O)CCC(=O)O. The monoisotopic (exact) mass is 226 g/mol. The highest BCUT2D eigenvalue weighted by Gasteiger charge is 2.11. The van der Waals surface area contributed by atoms with Crippen LogP contribution in [0, 0.1) is 12.3 Å². The molecule has 0 rings (SSSR count). The third-order valence-electron chi connectivity index (χ3n) is 1.73. The van der Waals surface area contributed by atoms with Crippen molar-refractivity contribution < 1.29 is 19.5 Å². The lowest BCUT2D eigenvalue weighted by atomic mass is 10.2. The summed E-state index contributed by atoms with van der Waals surface area (Å²) in [6, 6.07) is -1.15. The summed E-state index contributed by atoms with van der Waals surface area (Å²) in [7, 11) is 0. The van der Waals surface area contributed by atoms with Crippen molar-refractivity contribution in [3.8, 4) is 12.3 Å².